The monoisotopic (exact) mass is 1140 g/mol. The molecule has 0 saturated heterocycles. The number of hydrogen-bond donors (Lipinski definition) is 0. The standard InChI is InChI=1S/C83H76BN3O/c1-53-43-69-66-51-77-68(67-49-70-71(52-78(67)88-77)83(10,11)42-41-82(70,8)9)50-74(66)87(61-36-33-59(34-37-61)80(2,3)4)84-72-39-38-64(48-75(72)86(76(44-53)79(69)84)73-40-35-60(81(5,6)7)47-65(73)56-27-19-14-20-28-56)85(62-31-21-29-57(45-62)54-23-15-12-16-24-54)63-32-22-30-58(46-63)55-25-17-13-18-26-55/h12-40,43-52H,41-42H2,1-11H3. The summed E-state index contributed by atoms with van der Waals surface area (Å²) < 4.78 is 7.17. The molecule has 0 amide bonds. The quantitative estimate of drug-likeness (QED) is 0.141. The van der Waals surface area contributed by atoms with Crippen LogP contribution in [0.4, 0.5) is 45.5 Å². The molecule has 0 saturated carbocycles. The Kier molecular flexibility index (Phi) is 12.8. The van der Waals surface area contributed by atoms with Crippen molar-refractivity contribution >= 4 is 85.2 Å². The largest absolute Gasteiger partial charge is 0.456 e. The molecule has 0 fully saturated rings. The first-order valence-electron chi connectivity index (χ1n) is 31.6. The molecule has 432 valence electrons. The fraction of sp³-hybridized carbons (Fsp3) is 0.205. The minimum atomic E-state index is -0.229. The van der Waals surface area contributed by atoms with Crippen LogP contribution < -0.4 is 25.5 Å². The molecule has 88 heavy (non-hydrogen) atoms. The Morgan fingerprint density at radius 1 is 0.409 bits per heavy atom. The van der Waals surface area contributed by atoms with Gasteiger partial charge in [0, 0.05) is 61.7 Å². The minimum Gasteiger partial charge on any atom is -0.456 e. The maximum absolute atomic E-state index is 7.17. The third kappa shape index (κ3) is 9.27. The van der Waals surface area contributed by atoms with Crippen LogP contribution in [0.15, 0.2) is 241 Å². The number of anilines is 8. The first kappa shape index (κ1) is 55.3. The molecule has 3 aliphatic rings. The van der Waals surface area contributed by atoms with Gasteiger partial charge in [0.25, 0.3) is 0 Å². The van der Waals surface area contributed by atoms with Gasteiger partial charge in [-0.3, -0.25) is 0 Å². The fourth-order valence-corrected chi connectivity index (χ4v) is 14.6. The molecule has 0 N–H and O–H groups in total. The zero-order valence-electron chi connectivity index (χ0n) is 52.8. The molecule has 1 aliphatic carbocycles. The number of rotatable bonds is 8. The molecule has 2 aliphatic heterocycles. The summed E-state index contributed by atoms with van der Waals surface area (Å²) >= 11 is 0. The van der Waals surface area contributed by atoms with Gasteiger partial charge in [-0.1, -0.05) is 215 Å². The lowest BCUT2D eigenvalue weighted by atomic mass is 9.43. The zero-order valence-corrected chi connectivity index (χ0v) is 52.8. The Morgan fingerprint density at radius 2 is 0.943 bits per heavy atom. The second kappa shape index (κ2) is 20.4. The molecular weight excluding hydrogens is 1070 g/mol. The molecule has 0 radical (unpaired) electrons. The van der Waals surface area contributed by atoms with Crippen LogP contribution in [0.2, 0.25) is 0 Å². The average Bonchev–Trinajstić information content (AvgIpc) is 0.831. The maximum Gasteiger partial charge on any atom is 0.333 e. The number of hydrogen-bond acceptors (Lipinski definition) is 4. The van der Waals surface area contributed by atoms with E-state index in [0.717, 1.165) is 80.3 Å². The predicted molar refractivity (Wildman–Crippen MR) is 376 cm³/mol. The van der Waals surface area contributed by atoms with Crippen molar-refractivity contribution in [1.82, 2.24) is 0 Å². The zero-order chi connectivity index (χ0) is 60.6. The molecule has 15 rings (SSSR count). The Balaban J connectivity index is 1.04. The molecule has 3 heterocycles. The van der Waals surface area contributed by atoms with Crippen molar-refractivity contribution < 1.29 is 4.42 Å². The molecule has 0 atom stereocenters. The third-order valence-electron chi connectivity index (χ3n) is 19.6. The van der Waals surface area contributed by atoms with Crippen LogP contribution in [-0.4, -0.2) is 6.85 Å². The van der Waals surface area contributed by atoms with E-state index in [1.165, 1.54) is 83.2 Å². The van der Waals surface area contributed by atoms with Crippen molar-refractivity contribution in [3.63, 3.8) is 0 Å². The van der Waals surface area contributed by atoms with Crippen LogP contribution in [0.25, 0.3) is 66.4 Å². The number of aryl methyl sites for hydroxylation is 1. The van der Waals surface area contributed by atoms with Crippen molar-refractivity contribution in [3.8, 4) is 44.5 Å². The van der Waals surface area contributed by atoms with Crippen LogP contribution >= 0.6 is 0 Å². The second-order valence-electron chi connectivity index (χ2n) is 28.5. The number of furan rings is 1. The highest BCUT2D eigenvalue weighted by Crippen LogP contribution is 2.54. The highest BCUT2D eigenvalue weighted by Gasteiger charge is 2.47. The first-order chi connectivity index (χ1) is 42.3. The van der Waals surface area contributed by atoms with E-state index >= 15 is 0 Å². The van der Waals surface area contributed by atoms with Crippen LogP contribution in [0.3, 0.4) is 0 Å². The van der Waals surface area contributed by atoms with Gasteiger partial charge >= 0.3 is 6.85 Å². The molecule has 11 aromatic carbocycles. The van der Waals surface area contributed by atoms with Gasteiger partial charge in [0.15, 0.2) is 0 Å². The highest BCUT2D eigenvalue weighted by molar-refractivity contribution is 6.93. The smallest absolute Gasteiger partial charge is 0.333 e. The lowest BCUT2D eigenvalue weighted by Gasteiger charge is -2.46. The summed E-state index contributed by atoms with van der Waals surface area (Å²) in [6.07, 6.45) is 2.29. The van der Waals surface area contributed by atoms with E-state index in [0.29, 0.717) is 0 Å². The Morgan fingerprint density at radius 3 is 1.55 bits per heavy atom. The molecule has 12 aromatic rings. The van der Waals surface area contributed by atoms with Gasteiger partial charge < -0.3 is 19.0 Å². The summed E-state index contributed by atoms with van der Waals surface area (Å²) in [5.41, 5.74) is 29.3. The predicted octanol–water partition coefficient (Wildman–Crippen LogP) is 22.0. The minimum absolute atomic E-state index is 0.0283. The molecule has 0 unspecified atom stereocenters. The van der Waals surface area contributed by atoms with Gasteiger partial charge in [0.1, 0.15) is 11.2 Å². The Bertz CT molecular complexity index is 4630. The molecule has 0 bridgehead atoms. The Hall–Kier alpha value is -9.32. The van der Waals surface area contributed by atoms with E-state index < -0.39 is 0 Å². The summed E-state index contributed by atoms with van der Waals surface area (Å²) in [5.74, 6) is 0. The van der Waals surface area contributed by atoms with Crippen molar-refractivity contribution in [2.45, 2.75) is 111 Å². The van der Waals surface area contributed by atoms with Crippen molar-refractivity contribution in [1.29, 1.82) is 0 Å². The summed E-state index contributed by atoms with van der Waals surface area (Å²) in [6, 6.07) is 89.3. The number of fused-ring (bicyclic) bond motifs is 8. The van der Waals surface area contributed by atoms with Gasteiger partial charge in [-0.05, 0) is 205 Å². The topological polar surface area (TPSA) is 22.9 Å². The van der Waals surface area contributed by atoms with E-state index in [4.69, 9.17) is 4.42 Å². The van der Waals surface area contributed by atoms with Crippen LogP contribution in [0.1, 0.15) is 110 Å². The van der Waals surface area contributed by atoms with Crippen molar-refractivity contribution in [2.75, 3.05) is 14.6 Å². The summed E-state index contributed by atoms with van der Waals surface area (Å²) in [4.78, 5) is 7.76. The van der Waals surface area contributed by atoms with Gasteiger partial charge in [-0.2, -0.15) is 0 Å². The number of benzene rings is 11. The normalized spacial score (nSPS) is 14.8. The summed E-state index contributed by atoms with van der Waals surface area (Å²) in [5, 5.41) is 2.33. The molecule has 4 nitrogen and oxygen atoms in total. The highest BCUT2D eigenvalue weighted by atomic mass is 16.3. The molecule has 0 spiro atoms. The van der Waals surface area contributed by atoms with E-state index in [-0.39, 0.29) is 28.5 Å². The van der Waals surface area contributed by atoms with E-state index in [1.807, 2.05) is 0 Å². The maximum atomic E-state index is 7.17. The van der Waals surface area contributed by atoms with E-state index in [2.05, 4.69) is 327 Å². The molecular formula is C83H76BN3O. The first-order valence-corrected chi connectivity index (χ1v) is 31.6. The van der Waals surface area contributed by atoms with E-state index in [9.17, 15) is 0 Å². The third-order valence-corrected chi connectivity index (χ3v) is 19.6. The van der Waals surface area contributed by atoms with Crippen LogP contribution in [-0.2, 0) is 21.7 Å². The summed E-state index contributed by atoms with van der Waals surface area (Å²) in [6.45, 7) is 25.6. The average molecular weight is 1140 g/mol. The van der Waals surface area contributed by atoms with Gasteiger partial charge in [-0.25, -0.2) is 0 Å². The van der Waals surface area contributed by atoms with Gasteiger partial charge in [-0.15, -0.1) is 0 Å². The Labute approximate surface area is 520 Å². The molecule has 5 heteroatoms. The second-order valence-corrected chi connectivity index (χ2v) is 28.5. The summed E-state index contributed by atoms with van der Waals surface area (Å²) in [7, 11) is 0. The van der Waals surface area contributed by atoms with Crippen molar-refractivity contribution in [2.24, 2.45) is 0 Å². The van der Waals surface area contributed by atoms with Crippen molar-refractivity contribution in [3.05, 3.63) is 264 Å². The van der Waals surface area contributed by atoms with Gasteiger partial charge in [0.05, 0.1) is 5.69 Å². The molecule has 1 aromatic heterocycles. The van der Waals surface area contributed by atoms with Gasteiger partial charge in [0.2, 0.25) is 0 Å². The van der Waals surface area contributed by atoms with Crippen LogP contribution in [0, 0.1) is 6.92 Å². The van der Waals surface area contributed by atoms with Crippen LogP contribution in [0.5, 0.6) is 0 Å². The SMILES string of the molecule is Cc1cc2c3c(c1)N(c1ccc(C(C)(C)C)cc1-c1ccccc1)c1cc(N(c4cccc(-c5ccccc5)c4)c4cccc(-c5ccccc5)c4)ccc1B3N(c1ccc(C(C)(C)C)cc1)c1cc3c(cc1-2)oc1cc2c(cc13)C(C)(C)CCC2(C)C. The fourth-order valence-electron chi connectivity index (χ4n) is 14.6. The lowest BCUT2D eigenvalue weighted by molar-refractivity contribution is 0.332. The van der Waals surface area contributed by atoms with E-state index in [1.54, 1.807) is 0 Å². The lowest BCUT2D eigenvalue weighted by Crippen LogP contribution is -2.61. The number of nitrogens with zero attached hydrogens (tertiary/aromatic N) is 3.